The van der Waals surface area contributed by atoms with E-state index in [4.69, 9.17) is 21.1 Å². The van der Waals surface area contributed by atoms with Gasteiger partial charge in [0.15, 0.2) is 11.5 Å². The molecule has 8 nitrogen and oxygen atoms in total. The van der Waals surface area contributed by atoms with Crippen molar-refractivity contribution in [1.82, 2.24) is 25.1 Å². The average molecular weight is 426 g/mol. The Morgan fingerprint density at radius 1 is 1.13 bits per heavy atom. The fraction of sp³-hybridized carbons (Fsp3) is 0.333. The standard InChI is InChI=1S/C21H20ClN5O3/c22-16-4-1-3-15(11-16)21-23-25-27(24-21)13-20(28)26-8-2-5-17(26)14-6-7-18-19(12-14)30-10-9-29-18/h1,3-4,6-7,11-12,17H,2,5,8-10,13H2/t17-/m1/s1. The smallest absolute Gasteiger partial charge is 0.246 e. The highest BCUT2D eigenvalue weighted by Gasteiger charge is 2.31. The summed E-state index contributed by atoms with van der Waals surface area (Å²) < 4.78 is 11.3. The Balaban J connectivity index is 1.31. The molecule has 3 aromatic rings. The summed E-state index contributed by atoms with van der Waals surface area (Å²) in [6.45, 7) is 1.83. The van der Waals surface area contributed by atoms with E-state index in [1.807, 2.05) is 35.2 Å². The molecule has 0 spiro atoms. The first kappa shape index (κ1) is 18.9. The van der Waals surface area contributed by atoms with Gasteiger partial charge in [-0.15, -0.1) is 10.2 Å². The van der Waals surface area contributed by atoms with Gasteiger partial charge in [0.05, 0.1) is 6.04 Å². The molecule has 30 heavy (non-hydrogen) atoms. The van der Waals surface area contributed by atoms with Crippen molar-refractivity contribution in [3.05, 3.63) is 53.1 Å². The first-order valence-electron chi connectivity index (χ1n) is 9.90. The lowest BCUT2D eigenvalue weighted by Gasteiger charge is -2.26. The molecule has 1 atom stereocenters. The number of ether oxygens (including phenoxy) is 2. The Morgan fingerprint density at radius 3 is 2.87 bits per heavy atom. The molecule has 2 aromatic carbocycles. The van der Waals surface area contributed by atoms with E-state index in [-0.39, 0.29) is 18.5 Å². The van der Waals surface area contributed by atoms with Crippen LogP contribution in [0.15, 0.2) is 42.5 Å². The van der Waals surface area contributed by atoms with Crippen LogP contribution in [0, 0.1) is 0 Å². The van der Waals surface area contributed by atoms with Crippen LogP contribution in [-0.2, 0) is 11.3 Å². The number of halogens is 1. The highest BCUT2D eigenvalue weighted by atomic mass is 35.5. The number of hydrogen-bond donors (Lipinski definition) is 0. The van der Waals surface area contributed by atoms with E-state index in [0.29, 0.717) is 30.6 Å². The molecule has 0 aliphatic carbocycles. The van der Waals surface area contributed by atoms with Crippen LogP contribution in [0.25, 0.3) is 11.4 Å². The fourth-order valence-corrected chi connectivity index (χ4v) is 4.13. The zero-order valence-electron chi connectivity index (χ0n) is 16.2. The zero-order chi connectivity index (χ0) is 20.5. The fourth-order valence-electron chi connectivity index (χ4n) is 3.94. The van der Waals surface area contributed by atoms with E-state index in [9.17, 15) is 4.79 Å². The monoisotopic (exact) mass is 425 g/mol. The van der Waals surface area contributed by atoms with Gasteiger partial charge in [0.1, 0.15) is 19.8 Å². The van der Waals surface area contributed by atoms with Crippen LogP contribution in [0.1, 0.15) is 24.4 Å². The Bertz CT molecular complexity index is 1090. The summed E-state index contributed by atoms with van der Waals surface area (Å²) in [5.41, 5.74) is 1.81. The molecule has 9 heteroatoms. The third-order valence-corrected chi connectivity index (χ3v) is 5.57. The van der Waals surface area contributed by atoms with Crippen LogP contribution in [-0.4, -0.2) is 50.8 Å². The minimum absolute atomic E-state index is 0.00393. The van der Waals surface area contributed by atoms with Gasteiger partial charge in [-0.3, -0.25) is 4.79 Å². The second kappa shape index (κ2) is 7.95. The van der Waals surface area contributed by atoms with E-state index in [0.717, 1.165) is 35.5 Å². The molecule has 2 aliphatic heterocycles. The summed E-state index contributed by atoms with van der Waals surface area (Å²) in [7, 11) is 0. The van der Waals surface area contributed by atoms with Crippen molar-refractivity contribution in [2.24, 2.45) is 0 Å². The SMILES string of the molecule is O=C(Cn1nnc(-c2cccc(Cl)c2)n1)N1CCC[C@@H]1c1ccc2c(c1)OCCO2. The van der Waals surface area contributed by atoms with Crippen LogP contribution in [0.2, 0.25) is 5.02 Å². The summed E-state index contributed by atoms with van der Waals surface area (Å²) in [5.74, 6) is 1.89. The van der Waals surface area contributed by atoms with Crippen molar-refractivity contribution in [2.45, 2.75) is 25.4 Å². The van der Waals surface area contributed by atoms with Crippen molar-refractivity contribution in [1.29, 1.82) is 0 Å². The number of tetrazole rings is 1. The maximum Gasteiger partial charge on any atom is 0.246 e. The molecule has 1 amide bonds. The number of nitrogens with zero attached hydrogens (tertiary/aromatic N) is 5. The second-order valence-electron chi connectivity index (χ2n) is 7.30. The summed E-state index contributed by atoms with van der Waals surface area (Å²) in [6.07, 6.45) is 1.85. The van der Waals surface area contributed by atoms with Crippen molar-refractivity contribution >= 4 is 17.5 Å². The van der Waals surface area contributed by atoms with Crippen LogP contribution in [0.4, 0.5) is 0 Å². The molecule has 1 fully saturated rings. The first-order valence-corrected chi connectivity index (χ1v) is 10.3. The average Bonchev–Trinajstić information content (AvgIpc) is 3.43. The van der Waals surface area contributed by atoms with E-state index in [2.05, 4.69) is 15.4 Å². The molecule has 0 saturated carbocycles. The zero-order valence-corrected chi connectivity index (χ0v) is 17.0. The largest absolute Gasteiger partial charge is 0.486 e. The molecule has 0 radical (unpaired) electrons. The van der Waals surface area contributed by atoms with Crippen LogP contribution in [0.3, 0.4) is 0 Å². The number of rotatable bonds is 4. The van der Waals surface area contributed by atoms with Crippen molar-refractivity contribution in [3.8, 4) is 22.9 Å². The van der Waals surface area contributed by atoms with Gasteiger partial charge >= 0.3 is 0 Å². The lowest BCUT2D eigenvalue weighted by atomic mass is 10.0. The van der Waals surface area contributed by atoms with Crippen LogP contribution < -0.4 is 9.47 Å². The van der Waals surface area contributed by atoms with Gasteiger partial charge in [-0.1, -0.05) is 29.8 Å². The summed E-state index contributed by atoms with van der Waals surface area (Å²) in [5, 5.41) is 13.0. The van der Waals surface area contributed by atoms with Gasteiger partial charge in [0.2, 0.25) is 11.7 Å². The molecule has 154 valence electrons. The Kier molecular flexibility index (Phi) is 5.00. The van der Waals surface area contributed by atoms with Crippen LogP contribution in [0.5, 0.6) is 11.5 Å². The number of benzene rings is 2. The highest BCUT2D eigenvalue weighted by Crippen LogP contribution is 2.38. The summed E-state index contributed by atoms with van der Waals surface area (Å²) in [4.78, 5) is 16.2. The molecule has 5 rings (SSSR count). The van der Waals surface area contributed by atoms with E-state index >= 15 is 0 Å². The van der Waals surface area contributed by atoms with Gasteiger partial charge in [-0.05, 0) is 47.9 Å². The third-order valence-electron chi connectivity index (χ3n) is 5.34. The van der Waals surface area contributed by atoms with Crippen molar-refractivity contribution < 1.29 is 14.3 Å². The Morgan fingerprint density at radius 2 is 2.00 bits per heavy atom. The number of carbonyl (C=O) groups is 1. The van der Waals surface area contributed by atoms with E-state index in [1.165, 1.54) is 4.80 Å². The van der Waals surface area contributed by atoms with Crippen LogP contribution >= 0.6 is 11.6 Å². The summed E-state index contributed by atoms with van der Waals surface area (Å²) in [6, 6.07) is 13.1. The van der Waals surface area contributed by atoms with Crippen molar-refractivity contribution in [3.63, 3.8) is 0 Å². The minimum atomic E-state index is -0.0394. The molecule has 0 bridgehead atoms. The summed E-state index contributed by atoms with van der Waals surface area (Å²) >= 11 is 6.03. The maximum absolute atomic E-state index is 13.0. The number of fused-ring (bicyclic) bond motifs is 1. The minimum Gasteiger partial charge on any atom is -0.486 e. The maximum atomic E-state index is 13.0. The predicted octanol–water partition coefficient (Wildman–Crippen LogP) is 3.13. The van der Waals surface area contributed by atoms with Gasteiger partial charge in [-0.25, -0.2) is 0 Å². The van der Waals surface area contributed by atoms with E-state index < -0.39 is 0 Å². The number of amides is 1. The van der Waals surface area contributed by atoms with E-state index in [1.54, 1.807) is 12.1 Å². The topological polar surface area (TPSA) is 82.4 Å². The molecule has 2 aliphatic rings. The second-order valence-corrected chi connectivity index (χ2v) is 7.74. The number of hydrogen-bond acceptors (Lipinski definition) is 6. The molecular formula is C21H20ClN5O3. The first-order chi connectivity index (χ1) is 14.7. The molecule has 0 N–H and O–H groups in total. The van der Waals surface area contributed by atoms with Gasteiger partial charge < -0.3 is 14.4 Å². The number of likely N-dealkylation sites (tertiary alicyclic amines) is 1. The third kappa shape index (κ3) is 3.70. The molecule has 1 aromatic heterocycles. The predicted molar refractivity (Wildman–Crippen MR) is 109 cm³/mol. The number of carbonyl (C=O) groups excluding carboxylic acids is 1. The van der Waals surface area contributed by atoms with Gasteiger partial charge in [0.25, 0.3) is 0 Å². The van der Waals surface area contributed by atoms with Gasteiger partial charge in [-0.2, -0.15) is 4.80 Å². The normalized spacial score (nSPS) is 17.9. The Labute approximate surface area is 178 Å². The van der Waals surface area contributed by atoms with Gasteiger partial charge in [0, 0.05) is 17.1 Å². The molecular weight excluding hydrogens is 406 g/mol. The Hall–Kier alpha value is -3.13. The lowest BCUT2D eigenvalue weighted by molar-refractivity contribution is -0.133. The molecule has 3 heterocycles. The quantitative estimate of drug-likeness (QED) is 0.638. The lowest BCUT2D eigenvalue weighted by Crippen LogP contribution is -2.34. The van der Waals surface area contributed by atoms with Crippen molar-refractivity contribution in [2.75, 3.05) is 19.8 Å². The molecule has 1 saturated heterocycles. The molecule has 0 unspecified atom stereocenters. The highest BCUT2D eigenvalue weighted by molar-refractivity contribution is 6.30. The number of aromatic nitrogens is 4.